The summed E-state index contributed by atoms with van der Waals surface area (Å²) in [6, 6.07) is 6.75. The number of benzene rings is 1. The predicted molar refractivity (Wildman–Crippen MR) is 127 cm³/mol. The Morgan fingerprint density at radius 1 is 1.14 bits per heavy atom. The van der Waals surface area contributed by atoms with Gasteiger partial charge in [-0.2, -0.15) is 0 Å². The van der Waals surface area contributed by atoms with E-state index in [1.54, 1.807) is 29.2 Å². The molecule has 164 valence electrons. The van der Waals surface area contributed by atoms with E-state index in [-0.39, 0.29) is 35.3 Å². The fourth-order valence-electron chi connectivity index (χ4n) is 3.60. The molecule has 0 aromatic heterocycles. The fraction of sp³-hybridized carbons (Fsp3) is 0.600. The van der Waals surface area contributed by atoms with Crippen LogP contribution in [0.4, 0.5) is 0 Å². The maximum atomic E-state index is 12.7. The number of amides is 1. The highest BCUT2D eigenvalue weighted by Gasteiger charge is 2.42. The first kappa shape index (κ1) is 25.7. The molecule has 0 atom stereocenters. The number of guanidine groups is 1. The average Bonchev–Trinajstić information content (AvgIpc) is 3.13. The van der Waals surface area contributed by atoms with Gasteiger partial charge in [-0.05, 0) is 37.5 Å². The maximum absolute atomic E-state index is 12.7. The van der Waals surface area contributed by atoms with Crippen LogP contribution >= 0.6 is 24.0 Å². The van der Waals surface area contributed by atoms with Gasteiger partial charge >= 0.3 is 0 Å². The molecule has 2 N–H and O–H groups in total. The molecule has 0 bridgehead atoms. The van der Waals surface area contributed by atoms with Gasteiger partial charge in [0.25, 0.3) is 0 Å². The summed E-state index contributed by atoms with van der Waals surface area (Å²) in [6.45, 7) is 3.69. The molecule has 0 aliphatic heterocycles. The zero-order valence-electron chi connectivity index (χ0n) is 17.7. The first-order chi connectivity index (χ1) is 13.2. The van der Waals surface area contributed by atoms with Gasteiger partial charge in [0.2, 0.25) is 5.91 Å². The van der Waals surface area contributed by atoms with Gasteiger partial charge in [0.1, 0.15) is 0 Å². The van der Waals surface area contributed by atoms with E-state index in [1.165, 1.54) is 6.26 Å². The molecule has 29 heavy (non-hydrogen) atoms. The standard InChI is InChI=1S/C20H32N4O3S.HI/c1-5-21-19(22-14-16-8-10-17(11-9-16)28(4,26)27)23-15-20(12-6-7-13-20)18(25)24(2)3;/h8-11H,5-7,12-15H2,1-4H3,(H2,21,22,23);1H. The van der Waals surface area contributed by atoms with Gasteiger partial charge in [0.05, 0.1) is 16.9 Å². The second-order valence-electron chi connectivity index (χ2n) is 7.65. The lowest BCUT2D eigenvalue weighted by atomic mass is 9.84. The summed E-state index contributed by atoms with van der Waals surface area (Å²) < 4.78 is 23.1. The number of halogens is 1. The number of hydrogen-bond acceptors (Lipinski definition) is 4. The van der Waals surface area contributed by atoms with E-state index in [2.05, 4.69) is 15.6 Å². The van der Waals surface area contributed by atoms with Crippen molar-refractivity contribution in [1.82, 2.24) is 15.5 Å². The highest BCUT2D eigenvalue weighted by Crippen LogP contribution is 2.38. The van der Waals surface area contributed by atoms with Crippen LogP contribution in [0.5, 0.6) is 0 Å². The van der Waals surface area contributed by atoms with Crippen molar-refractivity contribution < 1.29 is 13.2 Å². The first-order valence-corrected chi connectivity index (χ1v) is 11.6. The van der Waals surface area contributed by atoms with Crippen molar-refractivity contribution in [3.63, 3.8) is 0 Å². The molecule has 2 rings (SSSR count). The van der Waals surface area contributed by atoms with E-state index in [1.807, 2.05) is 21.0 Å². The van der Waals surface area contributed by atoms with Crippen molar-refractivity contribution >= 4 is 45.7 Å². The number of rotatable bonds is 7. The van der Waals surface area contributed by atoms with Crippen LogP contribution < -0.4 is 10.6 Å². The third kappa shape index (κ3) is 7.13. The summed E-state index contributed by atoms with van der Waals surface area (Å²) in [7, 11) is 0.419. The predicted octanol–water partition coefficient (Wildman–Crippen LogP) is 2.41. The third-order valence-corrected chi connectivity index (χ3v) is 6.26. The van der Waals surface area contributed by atoms with Gasteiger partial charge in [0, 0.05) is 33.4 Å². The Hall–Kier alpha value is -1.36. The summed E-state index contributed by atoms with van der Waals surface area (Å²) >= 11 is 0. The summed E-state index contributed by atoms with van der Waals surface area (Å²) in [5, 5.41) is 6.56. The molecule has 1 aromatic rings. The topological polar surface area (TPSA) is 90.9 Å². The molecule has 1 fully saturated rings. The highest BCUT2D eigenvalue weighted by atomic mass is 127. The van der Waals surface area contributed by atoms with Gasteiger partial charge in [-0.15, -0.1) is 24.0 Å². The van der Waals surface area contributed by atoms with E-state index in [0.717, 1.165) is 31.2 Å². The van der Waals surface area contributed by atoms with Crippen molar-refractivity contribution in [2.75, 3.05) is 33.4 Å². The Morgan fingerprint density at radius 2 is 1.72 bits per heavy atom. The second-order valence-corrected chi connectivity index (χ2v) is 9.67. The summed E-state index contributed by atoms with van der Waals surface area (Å²) in [4.78, 5) is 19.3. The van der Waals surface area contributed by atoms with Crippen LogP contribution in [-0.2, 0) is 21.2 Å². The van der Waals surface area contributed by atoms with Crippen LogP contribution in [0.2, 0.25) is 0 Å². The first-order valence-electron chi connectivity index (χ1n) is 9.71. The molecule has 0 unspecified atom stereocenters. The van der Waals surface area contributed by atoms with Gasteiger partial charge < -0.3 is 15.5 Å². The molecule has 0 saturated heterocycles. The quantitative estimate of drug-likeness (QED) is 0.318. The number of nitrogens with one attached hydrogen (secondary N) is 2. The minimum atomic E-state index is -3.20. The molecule has 1 aliphatic rings. The van der Waals surface area contributed by atoms with Crippen molar-refractivity contribution in [2.45, 2.75) is 44.0 Å². The summed E-state index contributed by atoms with van der Waals surface area (Å²) in [6.07, 6.45) is 5.12. The SMILES string of the molecule is CCNC(=NCc1ccc(S(C)(=O)=O)cc1)NCC1(C(=O)N(C)C)CCCC1.I. The van der Waals surface area contributed by atoms with Gasteiger partial charge in [-0.25, -0.2) is 13.4 Å². The van der Waals surface area contributed by atoms with Crippen molar-refractivity contribution in [3.05, 3.63) is 29.8 Å². The van der Waals surface area contributed by atoms with Gasteiger partial charge in [0.15, 0.2) is 15.8 Å². The van der Waals surface area contributed by atoms with Crippen molar-refractivity contribution in [1.29, 1.82) is 0 Å². The molecular formula is C20H33IN4O3S. The molecule has 0 spiro atoms. The number of hydrogen-bond donors (Lipinski definition) is 2. The van der Waals surface area contributed by atoms with E-state index in [0.29, 0.717) is 30.5 Å². The number of carbonyl (C=O) groups is 1. The van der Waals surface area contributed by atoms with E-state index in [4.69, 9.17) is 0 Å². The second kappa shape index (κ2) is 11.1. The lowest BCUT2D eigenvalue weighted by Gasteiger charge is -2.31. The molecular weight excluding hydrogens is 503 g/mol. The Labute approximate surface area is 191 Å². The largest absolute Gasteiger partial charge is 0.357 e. The molecule has 1 amide bonds. The molecule has 7 nitrogen and oxygen atoms in total. The average molecular weight is 536 g/mol. The zero-order chi connectivity index (χ0) is 20.8. The van der Waals surface area contributed by atoms with Crippen LogP contribution in [0.1, 0.15) is 38.2 Å². The smallest absolute Gasteiger partial charge is 0.230 e. The van der Waals surface area contributed by atoms with Crippen molar-refractivity contribution in [3.8, 4) is 0 Å². The van der Waals surface area contributed by atoms with E-state index in [9.17, 15) is 13.2 Å². The van der Waals surface area contributed by atoms with Crippen LogP contribution in [0.25, 0.3) is 0 Å². The summed E-state index contributed by atoms with van der Waals surface area (Å²) in [5.74, 6) is 0.831. The minimum Gasteiger partial charge on any atom is -0.357 e. The normalized spacial score (nSPS) is 16.1. The Balaban J connectivity index is 0.00000420. The number of carbonyl (C=O) groups excluding carboxylic acids is 1. The molecule has 1 aromatic carbocycles. The lowest BCUT2D eigenvalue weighted by Crippen LogP contribution is -2.49. The highest BCUT2D eigenvalue weighted by molar-refractivity contribution is 14.0. The van der Waals surface area contributed by atoms with Crippen LogP contribution in [0.15, 0.2) is 34.2 Å². The van der Waals surface area contributed by atoms with Crippen LogP contribution in [0, 0.1) is 5.41 Å². The Morgan fingerprint density at radius 3 is 2.21 bits per heavy atom. The third-order valence-electron chi connectivity index (χ3n) is 5.13. The molecule has 1 saturated carbocycles. The monoisotopic (exact) mass is 536 g/mol. The zero-order valence-corrected chi connectivity index (χ0v) is 20.8. The van der Waals surface area contributed by atoms with E-state index < -0.39 is 9.84 Å². The Kier molecular flexibility index (Phi) is 9.87. The molecule has 9 heteroatoms. The maximum Gasteiger partial charge on any atom is 0.230 e. The van der Waals surface area contributed by atoms with Gasteiger partial charge in [-0.3, -0.25) is 4.79 Å². The number of nitrogens with zero attached hydrogens (tertiary/aromatic N) is 2. The molecule has 0 radical (unpaired) electrons. The number of sulfone groups is 1. The van der Waals surface area contributed by atoms with Crippen molar-refractivity contribution in [2.24, 2.45) is 10.4 Å². The van der Waals surface area contributed by atoms with Crippen LogP contribution in [0.3, 0.4) is 0 Å². The minimum absolute atomic E-state index is 0. The van der Waals surface area contributed by atoms with Crippen LogP contribution in [-0.4, -0.2) is 58.6 Å². The summed E-state index contributed by atoms with van der Waals surface area (Å²) in [5.41, 5.74) is 0.557. The Bertz CT molecular complexity index is 802. The fourth-order valence-corrected chi connectivity index (χ4v) is 4.23. The lowest BCUT2D eigenvalue weighted by molar-refractivity contribution is -0.138. The molecule has 0 heterocycles. The molecule has 1 aliphatic carbocycles. The van der Waals surface area contributed by atoms with Gasteiger partial charge in [-0.1, -0.05) is 25.0 Å². The number of aliphatic imine (C=N–C) groups is 1. The van der Waals surface area contributed by atoms with E-state index >= 15 is 0 Å².